The molecule has 0 aromatic heterocycles. The lowest BCUT2D eigenvalue weighted by Gasteiger charge is -2.23. The molecule has 0 atom stereocenters. The van der Waals surface area contributed by atoms with Gasteiger partial charge in [-0.15, -0.1) is 0 Å². The first-order valence-corrected chi connectivity index (χ1v) is 8.06. The molecule has 2 heteroatoms. The van der Waals surface area contributed by atoms with Crippen LogP contribution in [0.2, 0.25) is 0 Å². The number of rotatable bonds is 2. The highest BCUT2D eigenvalue weighted by Gasteiger charge is 2.07. The average molecular weight is 276 g/mol. The Morgan fingerprint density at radius 1 is 0.700 bits per heavy atom. The van der Waals surface area contributed by atoms with E-state index in [1.807, 2.05) is 0 Å². The summed E-state index contributed by atoms with van der Waals surface area (Å²) >= 11 is 0. The van der Waals surface area contributed by atoms with Gasteiger partial charge in [-0.3, -0.25) is 9.80 Å². The highest BCUT2D eigenvalue weighted by atomic mass is 15.1. The number of hydrogen-bond acceptors (Lipinski definition) is 2. The second kappa shape index (κ2) is 9.95. The monoisotopic (exact) mass is 276 g/mol. The first-order chi connectivity index (χ1) is 9.61. The zero-order valence-corrected chi connectivity index (χ0v) is 13.8. The maximum absolute atomic E-state index is 2.50. The van der Waals surface area contributed by atoms with Crippen LogP contribution >= 0.6 is 0 Å². The average Bonchev–Trinajstić information content (AvgIpc) is 2.84. The van der Waals surface area contributed by atoms with E-state index in [2.05, 4.69) is 74.0 Å². The van der Waals surface area contributed by atoms with E-state index in [0.29, 0.717) is 12.1 Å². The van der Waals surface area contributed by atoms with E-state index < -0.39 is 0 Å². The molecule has 0 unspecified atom stereocenters. The van der Waals surface area contributed by atoms with Gasteiger partial charge in [-0.1, -0.05) is 36.5 Å². The predicted molar refractivity (Wildman–Crippen MR) is 90.1 cm³/mol. The molecule has 2 heterocycles. The van der Waals surface area contributed by atoms with Crippen LogP contribution in [0.25, 0.3) is 0 Å². The number of hydrogen-bond donors (Lipinski definition) is 0. The van der Waals surface area contributed by atoms with Gasteiger partial charge < -0.3 is 0 Å². The Labute approximate surface area is 125 Å². The van der Waals surface area contributed by atoms with Crippen LogP contribution in [-0.2, 0) is 0 Å². The molecule has 0 fully saturated rings. The van der Waals surface area contributed by atoms with Gasteiger partial charge >= 0.3 is 0 Å². The van der Waals surface area contributed by atoms with Crippen molar-refractivity contribution < 1.29 is 0 Å². The summed E-state index contributed by atoms with van der Waals surface area (Å²) in [4.78, 5) is 4.92. The van der Waals surface area contributed by atoms with Crippen LogP contribution < -0.4 is 0 Å². The van der Waals surface area contributed by atoms with Crippen molar-refractivity contribution in [2.45, 2.75) is 52.6 Å². The molecule has 0 bridgehead atoms. The van der Waals surface area contributed by atoms with Crippen LogP contribution in [0.15, 0.2) is 36.5 Å². The van der Waals surface area contributed by atoms with E-state index in [1.165, 1.54) is 19.4 Å². The van der Waals surface area contributed by atoms with Gasteiger partial charge in [0, 0.05) is 31.7 Å². The van der Waals surface area contributed by atoms with Crippen molar-refractivity contribution in [3.8, 4) is 0 Å². The minimum Gasteiger partial charge on any atom is -0.297 e. The third-order valence-electron chi connectivity index (χ3n) is 3.85. The molecule has 0 N–H and O–H groups in total. The molecule has 0 aromatic carbocycles. The summed E-state index contributed by atoms with van der Waals surface area (Å²) in [6.45, 7) is 13.6. The second-order valence-electron chi connectivity index (χ2n) is 6.11. The standard InChI is InChI=1S/C9H17N.C9H15N/c2*1-9(2)10-7-5-3-4-6-8-10/h3,5,9H,4,6-8H2,1-2H3;3-6,9H,7-8H2,1-2H3. The van der Waals surface area contributed by atoms with Gasteiger partial charge in [-0.2, -0.15) is 0 Å². The molecule has 0 radical (unpaired) electrons. The Hall–Kier alpha value is -0.860. The van der Waals surface area contributed by atoms with Crippen LogP contribution in [-0.4, -0.2) is 48.1 Å². The molecule has 0 saturated carbocycles. The molecular weight excluding hydrogens is 244 g/mol. The fourth-order valence-corrected chi connectivity index (χ4v) is 2.35. The van der Waals surface area contributed by atoms with E-state index >= 15 is 0 Å². The van der Waals surface area contributed by atoms with Crippen molar-refractivity contribution in [2.24, 2.45) is 0 Å². The SMILES string of the molecule is CC(C)N1CC=CC=CC1.CC(C)N1CC=CCCC1. The summed E-state index contributed by atoms with van der Waals surface area (Å²) in [6.07, 6.45) is 15.8. The Balaban J connectivity index is 0.000000200. The molecule has 2 aliphatic rings. The number of nitrogens with zero attached hydrogens (tertiary/aromatic N) is 2. The zero-order valence-electron chi connectivity index (χ0n) is 13.8. The molecule has 0 aliphatic carbocycles. The van der Waals surface area contributed by atoms with Gasteiger partial charge in [-0.25, -0.2) is 0 Å². The zero-order chi connectivity index (χ0) is 14.8. The first kappa shape index (κ1) is 17.2. The van der Waals surface area contributed by atoms with Crippen molar-refractivity contribution in [1.82, 2.24) is 9.80 Å². The van der Waals surface area contributed by atoms with Crippen LogP contribution in [0, 0.1) is 0 Å². The van der Waals surface area contributed by atoms with E-state index in [4.69, 9.17) is 0 Å². The Morgan fingerprint density at radius 3 is 1.80 bits per heavy atom. The quantitative estimate of drug-likeness (QED) is 0.706. The first-order valence-electron chi connectivity index (χ1n) is 8.06. The molecule has 114 valence electrons. The van der Waals surface area contributed by atoms with Gasteiger partial charge in [0.2, 0.25) is 0 Å². The summed E-state index contributed by atoms with van der Waals surface area (Å²) in [7, 11) is 0. The lowest BCUT2D eigenvalue weighted by molar-refractivity contribution is 0.248. The van der Waals surface area contributed by atoms with E-state index in [1.54, 1.807) is 0 Å². The molecule has 2 rings (SSSR count). The highest BCUT2D eigenvalue weighted by molar-refractivity contribution is 5.07. The maximum atomic E-state index is 2.50. The maximum Gasteiger partial charge on any atom is 0.0172 e. The van der Waals surface area contributed by atoms with Crippen molar-refractivity contribution >= 4 is 0 Å². The minimum absolute atomic E-state index is 0.660. The summed E-state index contributed by atoms with van der Waals surface area (Å²) in [5.41, 5.74) is 0. The molecule has 20 heavy (non-hydrogen) atoms. The van der Waals surface area contributed by atoms with Crippen molar-refractivity contribution in [3.63, 3.8) is 0 Å². The fourth-order valence-electron chi connectivity index (χ4n) is 2.35. The summed E-state index contributed by atoms with van der Waals surface area (Å²) in [5, 5.41) is 0. The molecular formula is C18H32N2. The molecule has 0 saturated heterocycles. The number of allylic oxidation sites excluding steroid dienone is 3. The van der Waals surface area contributed by atoms with Crippen molar-refractivity contribution in [2.75, 3.05) is 26.2 Å². The van der Waals surface area contributed by atoms with Crippen LogP contribution in [0.5, 0.6) is 0 Å². The normalized spacial score (nSPS) is 20.7. The lowest BCUT2D eigenvalue weighted by Crippen LogP contribution is -2.31. The Kier molecular flexibility index (Phi) is 8.56. The van der Waals surface area contributed by atoms with Crippen LogP contribution in [0.1, 0.15) is 40.5 Å². The van der Waals surface area contributed by atoms with Gasteiger partial charge in [0.25, 0.3) is 0 Å². The fraction of sp³-hybridized carbons (Fsp3) is 0.667. The van der Waals surface area contributed by atoms with Crippen molar-refractivity contribution in [3.05, 3.63) is 36.5 Å². The summed E-state index contributed by atoms with van der Waals surface area (Å²) in [5.74, 6) is 0. The Morgan fingerprint density at radius 2 is 1.25 bits per heavy atom. The molecule has 2 aliphatic heterocycles. The van der Waals surface area contributed by atoms with Gasteiger partial charge in [0.1, 0.15) is 0 Å². The van der Waals surface area contributed by atoms with Gasteiger partial charge in [0.05, 0.1) is 0 Å². The highest BCUT2D eigenvalue weighted by Crippen LogP contribution is 2.06. The molecule has 0 spiro atoms. The van der Waals surface area contributed by atoms with E-state index in [-0.39, 0.29) is 0 Å². The molecule has 0 aromatic rings. The third kappa shape index (κ3) is 7.06. The summed E-state index contributed by atoms with van der Waals surface area (Å²) in [6, 6.07) is 1.37. The van der Waals surface area contributed by atoms with E-state index in [0.717, 1.165) is 19.6 Å². The largest absolute Gasteiger partial charge is 0.297 e. The van der Waals surface area contributed by atoms with E-state index in [9.17, 15) is 0 Å². The smallest absolute Gasteiger partial charge is 0.0172 e. The summed E-state index contributed by atoms with van der Waals surface area (Å²) < 4.78 is 0. The predicted octanol–water partition coefficient (Wildman–Crippen LogP) is 3.87. The van der Waals surface area contributed by atoms with Gasteiger partial charge in [-0.05, 0) is 47.1 Å². The lowest BCUT2D eigenvalue weighted by atomic mass is 10.3. The molecule has 0 amide bonds. The van der Waals surface area contributed by atoms with Crippen LogP contribution in [0.3, 0.4) is 0 Å². The second-order valence-corrected chi connectivity index (χ2v) is 6.11. The topological polar surface area (TPSA) is 6.48 Å². The molecule has 2 nitrogen and oxygen atoms in total. The minimum atomic E-state index is 0.660. The Bertz CT molecular complexity index is 312. The third-order valence-corrected chi connectivity index (χ3v) is 3.85. The van der Waals surface area contributed by atoms with Crippen LogP contribution in [0.4, 0.5) is 0 Å². The van der Waals surface area contributed by atoms with Crippen molar-refractivity contribution in [1.29, 1.82) is 0 Å². The van der Waals surface area contributed by atoms with Gasteiger partial charge in [0.15, 0.2) is 0 Å².